The maximum absolute atomic E-state index is 12.5. The number of rotatable bonds is 5. The molecule has 0 bridgehead atoms. The van der Waals surface area contributed by atoms with E-state index < -0.39 is 11.9 Å². The van der Waals surface area contributed by atoms with Crippen LogP contribution in [-0.4, -0.2) is 22.9 Å². The van der Waals surface area contributed by atoms with Gasteiger partial charge < -0.3 is 15.7 Å². The fourth-order valence-corrected chi connectivity index (χ4v) is 2.13. The first kappa shape index (κ1) is 17.9. The molecule has 0 heterocycles. The van der Waals surface area contributed by atoms with Crippen molar-refractivity contribution >= 4 is 29.2 Å². The summed E-state index contributed by atoms with van der Waals surface area (Å²) in [7, 11) is 0. The Labute approximate surface area is 145 Å². The Morgan fingerprint density at radius 3 is 2.32 bits per heavy atom. The van der Waals surface area contributed by atoms with Crippen molar-refractivity contribution in [2.24, 2.45) is 0 Å². The molecule has 0 aliphatic rings. The van der Waals surface area contributed by atoms with E-state index in [-0.39, 0.29) is 11.5 Å². The number of aryl methyl sites for hydroxylation is 2. The predicted octanol–water partition coefficient (Wildman–Crippen LogP) is 3.14. The topological polar surface area (TPSA) is 95.5 Å². The van der Waals surface area contributed by atoms with E-state index in [1.165, 1.54) is 0 Å². The van der Waals surface area contributed by atoms with Gasteiger partial charge >= 0.3 is 5.97 Å². The lowest BCUT2D eigenvalue weighted by atomic mass is 10.1. The molecule has 0 aromatic heterocycles. The Bertz CT molecular complexity index is 856. The van der Waals surface area contributed by atoms with Crippen LogP contribution in [0, 0.1) is 13.8 Å². The molecule has 2 rings (SSSR count). The summed E-state index contributed by atoms with van der Waals surface area (Å²) in [6.07, 6.45) is 1.62. The molecule has 0 spiro atoms. The van der Waals surface area contributed by atoms with E-state index in [4.69, 9.17) is 5.11 Å². The summed E-state index contributed by atoms with van der Waals surface area (Å²) >= 11 is 0. The molecule has 0 unspecified atom stereocenters. The second kappa shape index (κ2) is 7.92. The lowest BCUT2D eigenvalue weighted by Crippen LogP contribution is -2.17. The van der Waals surface area contributed by atoms with E-state index in [0.29, 0.717) is 11.4 Å². The predicted molar refractivity (Wildman–Crippen MR) is 95.7 cm³/mol. The van der Waals surface area contributed by atoms with Crippen LogP contribution in [0.15, 0.2) is 54.6 Å². The van der Waals surface area contributed by atoms with Crippen molar-refractivity contribution in [1.29, 1.82) is 0 Å². The van der Waals surface area contributed by atoms with Gasteiger partial charge in [0, 0.05) is 17.8 Å². The molecule has 2 amide bonds. The molecule has 25 heavy (non-hydrogen) atoms. The number of amides is 2. The zero-order valence-electron chi connectivity index (χ0n) is 13.9. The first-order chi connectivity index (χ1) is 11.9. The SMILES string of the molecule is Cc1ccc(NC(=O)c2ccccc2NC(=O)/C=C\C(=O)O)cc1C. The Hall–Kier alpha value is -3.41. The molecule has 2 aromatic rings. The van der Waals surface area contributed by atoms with Crippen LogP contribution in [0.5, 0.6) is 0 Å². The summed E-state index contributed by atoms with van der Waals surface area (Å²) in [5, 5.41) is 13.8. The normalized spacial score (nSPS) is 10.5. The van der Waals surface area contributed by atoms with Crippen LogP contribution in [0.1, 0.15) is 21.5 Å². The maximum atomic E-state index is 12.5. The van der Waals surface area contributed by atoms with Crippen molar-refractivity contribution in [3.8, 4) is 0 Å². The number of carbonyl (C=O) groups is 3. The van der Waals surface area contributed by atoms with E-state index >= 15 is 0 Å². The zero-order valence-corrected chi connectivity index (χ0v) is 13.9. The number of carboxylic acid groups (broad SMARTS) is 1. The summed E-state index contributed by atoms with van der Waals surface area (Å²) < 4.78 is 0. The van der Waals surface area contributed by atoms with E-state index in [9.17, 15) is 14.4 Å². The Balaban J connectivity index is 2.18. The third-order valence-electron chi connectivity index (χ3n) is 3.57. The van der Waals surface area contributed by atoms with Gasteiger partial charge in [0.1, 0.15) is 0 Å². The second-order valence-electron chi connectivity index (χ2n) is 5.46. The third-order valence-corrected chi connectivity index (χ3v) is 3.57. The lowest BCUT2D eigenvalue weighted by molar-refractivity contribution is -0.131. The van der Waals surface area contributed by atoms with Crippen molar-refractivity contribution in [3.63, 3.8) is 0 Å². The number of hydrogen-bond acceptors (Lipinski definition) is 3. The van der Waals surface area contributed by atoms with Gasteiger partial charge in [-0.3, -0.25) is 9.59 Å². The highest BCUT2D eigenvalue weighted by molar-refractivity contribution is 6.11. The molecule has 0 saturated heterocycles. The molecule has 0 aliphatic carbocycles. The van der Waals surface area contributed by atoms with Crippen LogP contribution >= 0.6 is 0 Å². The molecule has 128 valence electrons. The largest absolute Gasteiger partial charge is 0.478 e. The number of benzene rings is 2. The van der Waals surface area contributed by atoms with Crippen LogP contribution in [0.2, 0.25) is 0 Å². The maximum Gasteiger partial charge on any atom is 0.328 e. The summed E-state index contributed by atoms with van der Waals surface area (Å²) in [6, 6.07) is 12.1. The van der Waals surface area contributed by atoms with E-state index in [1.54, 1.807) is 30.3 Å². The number of aliphatic carboxylic acids is 1. The second-order valence-corrected chi connectivity index (χ2v) is 5.46. The average Bonchev–Trinajstić information content (AvgIpc) is 2.57. The molecule has 0 aliphatic heterocycles. The van der Waals surface area contributed by atoms with Gasteiger partial charge in [-0.1, -0.05) is 18.2 Å². The molecule has 6 heteroatoms. The molecule has 0 radical (unpaired) electrons. The number of carbonyl (C=O) groups excluding carboxylic acids is 2. The molecule has 3 N–H and O–H groups in total. The smallest absolute Gasteiger partial charge is 0.328 e. The molecule has 2 aromatic carbocycles. The fourth-order valence-electron chi connectivity index (χ4n) is 2.13. The van der Waals surface area contributed by atoms with Gasteiger partial charge in [-0.05, 0) is 49.2 Å². The quantitative estimate of drug-likeness (QED) is 0.730. The minimum atomic E-state index is -1.23. The zero-order chi connectivity index (χ0) is 18.4. The summed E-state index contributed by atoms with van der Waals surface area (Å²) in [5.74, 6) is -2.23. The monoisotopic (exact) mass is 338 g/mol. The van der Waals surface area contributed by atoms with Crippen molar-refractivity contribution in [3.05, 3.63) is 71.3 Å². The van der Waals surface area contributed by atoms with Gasteiger partial charge in [0.15, 0.2) is 0 Å². The molecule has 0 atom stereocenters. The van der Waals surface area contributed by atoms with Gasteiger partial charge in [0.2, 0.25) is 5.91 Å². The Morgan fingerprint density at radius 1 is 0.920 bits per heavy atom. The van der Waals surface area contributed by atoms with Crippen molar-refractivity contribution < 1.29 is 19.5 Å². The van der Waals surface area contributed by atoms with Gasteiger partial charge in [0.25, 0.3) is 5.91 Å². The minimum absolute atomic E-state index is 0.276. The summed E-state index contributed by atoms with van der Waals surface area (Å²) in [5.41, 5.74) is 3.40. The molecule has 6 nitrogen and oxygen atoms in total. The van der Waals surface area contributed by atoms with E-state index in [2.05, 4.69) is 10.6 Å². The summed E-state index contributed by atoms with van der Waals surface area (Å²) in [6.45, 7) is 3.93. The van der Waals surface area contributed by atoms with Crippen molar-refractivity contribution in [1.82, 2.24) is 0 Å². The molecule has 0 saturated carbocycles. The lowest BCUT2D eigenvalue weighted by Gasteiger charge is -2.11. The van der Waals surface area contributed by atoms with E-state index in [0.717, 1.165) is 23.3 Å². The highest BCUT2D eigenvalue weighted by Gasteiger charge is 2.13. The van der Waals surface area contributed by atoms with Crippen LogP contribution in [0.25, 0.3) is 0 Å². The van der Waals surface area contributed by atoms with Crippen LogP contribution < -0.4 is 10.6 Å². The average molecular weight is 338 g/mol. The number of para-hydroxylation sites is 1. The minimum Gasteiger partial charge on any atom is -0.478 e. The first-order valence-electron chi connectivity index (χ1n) is 7.56. The molecule has 0 fully saturated rings. The van der Waals surface area contributed by atoms with Crippen LogP contribution in [0.4, 0.5) is 11.4 Å². The first-order valence-corrected chi connectivity index (χ1v) is 7.56. The number of carboxylic acids is 1. The van der Waals surface area contributed by atoms with Gasteiger partial charge in [0.05, 0.1) is 11.3 Å². The third kappa shape index (κ3) is 5.04. The molecular weight excluding hydrogens is 320 g/mol. The Kier molecular flexibility index (Phi) is 5.68. The Morgan fingerprint density at radius 2 is 1.64 bits per heavy atom. The van der Waals surface area contributed by atoms with Crippen molar-refractivity contribution in [2.75, 3.05) is 10.6 Å². The van der Waals surface area contributed by atoms with Crippen molar-refractivity contribution in [2.45, 2.75) is 13.8 Å². The van der Waals surface area contributed by atoms with Gasteiger partial charge in [-0.25, -0.2) is 4.79 Å². The standard InChI is InChI=1S/C19H18N2O4/c1-12-7-8-14(11-13(12)2)20-19(25)15-5-3-4-6-16(15)21-17(22)9-10-18(23)24/h3-11H,1-2H3,(H,20,25)(H,21,22)(H,23,24)/b10-9-. The highest BCUT2D eigenvalue weighted by atomic mass is 16.4. The van der Waals surface area contributed by atoms with Gasteiger partial charge in [-0.15, -0.1) is 0 Å². The van der Waals surface area contributed by atoms with E-state index in [1.807, 2.05) is 26.0 Å². The number of nitrogens with one attached hydrogen (secondary N) is 2. The van der Waals surface area contributed by atoms with Gasteiger partial charge in [-0.2, -0.15) is 0 Å². The highest BCUT2D eigenvalue weighted by Crippen LogP contribution is 2.19. The fraction of sp³-hybridized carbons (Fsp3) is 0.105. The number of hydrogen-bond donors (Lipinski definition) is 3. The number of anilines is 2. The molecular formula is C19H18N2O4. The van der Waals surface area contributed by atoms with Crippen LogP contribution in [-0.2, 0) is 9.59 Å². The summed E-state index contributed by atoms with van der Waals surface area (Å²) in [4.78, 5) is 34.7. The van der Waals surface area contributed by atoms with Crippen LogP contribution in [0.3, 0.4) is 0 Å².